The van der Waals surface area contributed by atoms with Crippen molar-refractivity contribution in [3.8, 4) is 0 Å². The lowest BCUT2D eigenvalue weighted by Crippen LogP contribution is -2.13. The fourth-order valence-corrected chi connectivity index (χ4v) is 1.46. The summed E-state index contributed by atoms with van der Waals surface area (Å²) >= 11 is 0. The molecule has 0 atom stereocenters. The van der Waals surface area contributed by atoms with E-state index in [0.29, 0.717) is 5.69 Å². The van der Waals surface area contributed by atoms with Crippen LogP contribution in [0.4, 0.5) is 0 Å². The summed E-state index contributed by atoms with van der Waals surface area (Å²) in [6, 6.07) is 5.83. The van der Waals surface area contributed by atoms with Crippen LogP contribution in [0.5, 0.6) is 0 Å². The van der Waals surface area contributed by atoms with Crippen LogP contribution in [0, 0.1) is 6.92 Å². The summed E-state index contributed by atoms with van der Waals surface area (Å²) in [6.07, 6.45) is 2.04. The van der Waals surface area contributed by atoms with Gasteiger partial charge >= 0.3 is 0 Å². The van der Waals surface area contributed by atoms with Crippen LogP contribution in [-0.2, 0) is 11.2 Å². The standard InChI is InChI=1S/C10H11N3O/c1-7-3-2-4-10-12-8(5-9(11)14)6-13(7)10/h2-4,6H,5H2,1H3,(H2,11,14). The van der Waals surface area contributed by atoms with Crippen LogP contribution in [0.2, 0.25) is 0 Å². The number of imidazole rings is 1. The summed E-state index contributed by atoms with van der Waals surface area (Å²) in [5.41, 5.74) is 7.75. The van der Waals surface area contributed by atoms with Crippen LogP contribution in [0.15, 0.2) is 24.4 Å². The molecule has 0 radical (unpaired) electrons. The summed E-state index contributed by atoms with van der Waals surface area (Å²) in [5, 5.41) is 0. The number of hydrogen-bond acceptors (Lipinski definition) is 2. The second-order valence-electron chi connectivity index (χ2n) is 3.27. The first kappa shape index (κ1) is 8.74. The predicted octanol–water partition coefficient (Wildman–Crippen LogP) is 0.671. The molecule has 2 rings (SSSR count). The largest absolute Gasteiger partial charge is 0.369 e. The van der Waals surface area contributed by atoms with Crippen molar-refractivity contribution >= 4 is 11.6 Å². The molecular formula is C10H11N3O. The molecule has 4 nitrogen and oxygen atoms in total. The van der Waals surface area contributed by atoms with E-state index in [1.54, 1.807) is 0 Å². The maximum atomic E-state index is 10.7. The number of aryl methyl sites for hydroxylation is 1. The third kappa shape index (κ3) is 1.46. The molecule has 0 spiro atoms. The van der Waals surface area contributed by atoms with Gasteiger partial charge in [-0.1, -0.05) is 6.07 Å². The molecule has 2 heterocycles. The Morgan fingerprint density at radius 2 is 2.36 bits per heavy atom. The van der Waals surface area contributed by atoms with E-state index in [2.05, 4.69) is 4.98 Å². The molecule has 2 aromatic heterocycles. The zero-order valence-electron chi connectivity index (χ0n) is 7.90. The fraction of sp³-hybridized carbons (Fsp3) is 0.200. The number of primary amides is 1. The molecule has 0 aromatic carbocycles. The van der Waals surface area contributed by atoms with Crippen molar-refractivity contribution in [2.75, 3.05) is 0 Å². The number of nitrogens with zero attached hydrogens (tertiary/aromatic N) is 2. The van der Waals surface area contributed by atoms with Gasteiger partial charge < -0.3 is 10.1 Å². The van der Waals surface area contributed by atoms with E-state index in [-0.39, 0.29) is 12.3 Å². The lowest BCUT2D eigenvalue weighted by molar-refractivity contribution is -0.117. The van der Waals surface area contributed by atoms with Crippen molar-refractivity contribution in [2.45, 2.75) is 13.3 Å². The first-order chi connectivity index (χ1) is 6.66. The highest BCUT2D eigenvalue weighted by Gasteiger charge is 2.04. The molecular weight excluding hydrogens is 178 g/mol. The van der Waals surface area contributed by atoms with Gasteiger partial charge in [0.25, 0.3) is 0 Å². The molecule has 0 aliphatic carbocycles. The maximum Gasteiger partial charge on any atom is 0.223 e. The Hall–Kier alpha value is -1.84. The number of nitrogens with two attached hydrogens (primary N) is 1. The van der Waals surface area contributed by atoms with E-state index in [1.807, 2.05) is 35.7 Å². The van der Waals surface area contributed by atoms with E-state index in [1.165, 1.54) is 0 Å². The Labute approximate surface area is 81.4 Å². The monoisotopic (exact) mass is 189 g/mol. The third-order valence-corrected chi connectivity index (χ3v) is 2.10. The number of aromatic nitrogens is 2. The number of rotatable bonds is 2. The molecule has 0 aliphatic heterocycles. The van der Waals surface area contributed by atoms with Gasteiger partial charge in [-0.15, -0.1) is 0 Å². The first-order valence-corrected chi connectivity index (χ1v) is 4.39. The van der Waals surface area contributed by atoms with Gasteiger partial charge in [-0.05, 0) is 19.1 Å². The summed E-state index contributed by atoms with van der Waals surface area (Å²) < 4.78 is 1.94. The van der Waals surface area contributed by atoms with Crippen molar-refractivity contribution in [2.24, 2.45) is 5.73 Å². The Bertz CT molecular complexity index is 487. The molecule has 0 saturated carbocycles. The average Bonchev–Trinajstić information content (AvgIpc) is 2.47. The predicted molar refractivity (Wildman–Crippen MR) is 52.8 cm³/mol. The number of carbonyl (C=O) groups excluding carboxylic acids is 1. The molecule has 72 valence electrons. The molecule has 0 fully saturated rings. The lowest BCUT2D eigenvalue weighted by atomic mass is 10.3. The number of carbonyl (C=O) groups is 1. The van der Waals surface area contributed by atoms with Crippen molar-refractivity contribution in [3.05, 3.63) is 35.8 Å². The lowest BCUT2D eigenvalue weighted by Gasteiger charge is -1.95. The second kappa shape index (κ2) is 3.14. The van der Waals surface area contributed by atoms with Crippen molar-refractivity contribution in [1.82, 2.24) is 9.38 Å². The summed E-state index contributed by atoms with van der Waals surface area (Å²) in [6.45, 7) is 1.99. The summed E-state index contributed by atoms with van der Waals surface area (Å²) in [5.74, 6) is -0.356. The normalized spacial score (nSPS) is 10.6. The van der Waals surface area contributed by atoms with Crippen molar-refractivity contribution in [1.29, 1.82) is 0 Å². The Morgan fingerprint density at radius 3 is 3.00 bits per heavy atom. The van der Waals surface area contributed by atoms with Gasteiger partial charge in [-0.3, -0.25) is 4.79 Å². The van der Waals surface area contributed by atoms with Crippen LogP contribution in [0.25, 0.3) is 5.65 Å². The van der Waals surface area contributed by atoms with Gasteiger partial charge in [0.2, 0.25) is 5.91 Å². The van der Waals surface area contributed by atoms with Gasteiger partial charge in [0.1, 0.15) is 5.65 Å². The van der Waals surface area contributed by atoms with Crippen LogP contribution in [-0.4, -0.2) is 15.3 Å². The van der Waals surface area contributed by atoms with Gasteiger partial charge in [-0.2, -0.15) is 0 Å². The minimum Gasteiger partial charge on any atom is -0.369 e. The Balaban J connectivity index is 2.51. The number of amides is 1. The maximum absolute atomic E-state index is 10.7. The fourth-order valence-electron chi connectivity index (χ4n) is 1.46. The number of fused-ring (bicyclic) bond motifs is 1. The van der Waals surface area contributed by atoms with Gasteiger partial charge in [-0.25, -0.2) is 4.98 Å². The molecule has 14 heavy (non-hydrogen) atoms. The van der Waals surface area contributed by atoms with Crippen LogP contribution >= 0.6 is 0 Å². The molecule has 4 heteroatoms. The molecule has 2 aromatic rings. The summed E-state index contributed by atoms with van der Waals surface area (Å²) in [4.78, 5) is 15.0. The van der Waals surface area contributed by atoms with Crippen LogP contribution in [0.1, 0.15) is 11.4 Å². The van der Waals surface area contributed by atoms with Crippen molar-refractivity contribution in [3.63, 3.8) is 0 Å². The molecule has 0 saturated heterocycles. The first-order valence-electron chi connectivity index (χ1n) is 4.39. The zero-order valence-corrected chi connectivity index (χ0v) is 7.90. The van der Waals surface area contributed by atoms with Crippen LogP contribution in [0.3, 0.4) is 0 Å². The van der Waals surface area contributed by atoms with E-state index in [0.717, 1.165) is 11.3 Å². The Morgan fingerprint density at radius 1 is 1.57 bits per heavy atom. The van der Waals surface area contributed by atoms with Gasteiger partial charge in [0, 0.05) is 11.9 Å². The molecule has 0 bridgehead atoms. The molecule has 0 aliphatic rings. The highest BCUT2D eigenvalue weighted by molar-refractivity contribution is 5.76. The third-order valence-electron chi connectivity index (χ3n) is 2.10. The number of hydrogen-bond donors (Lipinski definition) is 1. The molecule has 2 N–H and O–H groups in total. The molecule has 1 amide bonds. The summed E-state index contributed by atoms with van der Waals surface area (Å²) in [7, 11) is 0. The Kier molecular flexibility index (Phi) is 1.96. The van der Waals surface area contributed by atoms with E-state index in [4.69, 9.17) is 5.73 Å². The average molecular weight is 189 g/mol. The quantitative estimate of drug-likeness (QED) is 0.754. The zero-order chi connectivity index (χ0) is 10.1. The smallest absolute Gasteiger partial charge is 0.223 e. The highest BCUT2D eigenvalue weighted by atomic mass is 16.1. The topological polar surface area (TPSA) is 60.4 Å². The highest BCUT2D eigenvalue weighted by Crippen LogP contribution is 2.08. The minimum absolute atomic E-state index is 0.196. The van der Waals surface area contributed by atoms with Crippen molar-refractivity contribution < 1.29 is 4.79 Å². The van der Waals surface area contributed by atoms with Crippen LogP contribution < -0.4 is 5.73 Å². The SMILES string of the molecule is Cc1cccc2nc(CC(N)=O)cn12. The van der Waals surface area contributed by atoms with E-state index < -0.39 is 0 Å². The minimum atomic E-state index is -0.356. The van der Waals surface area contributed by atoms with Gasteiger partial charge in [0.05, 0.1) is 12.1 Å². The number of pyridine rings is 1. The molecule has 0 unspecified atom stereocenters. The van der Waals surface area contributed by atoms with Gasteiger partial charge in [0.15, 0.2) is 0 Å². The second-order valence-corrected chi connectivity index (χ2v) is 3.27. The van der Waals surface area contributed by atoms with E-state index >= 15 is 0 Å². The van der Waals surface area contributed by atoms with E-state index in [9.17, 15) is 4.79 Å².